The second-order valence-corrected chi connectivity index (χ2v) is 3.39. The first-order valence-corrected chi connectivity index (χ1v) is 4.04. The second-order valence-electron chi connectivity index (χ2n) is 3.39. The zero-order chi connectivity index (χ0) is 6.55. The minimum atomic E-state index is 0.804. The Morgan fingerprint density at radius 1 is 1.00 bits per heavy atom. The molecule has 0 aliphatic heterocycles. The van der Waals surface area contributed by atoms with Gasteiger partial charge in [0.05, 0.1) is 0 Å². The lowest BCUT2D eigenvalue weighted by Gasteiger charge is -2.07. The summed E-state index contributed by atoms with van der Waals surface area (Å²) in [5.74, 6) is 1.61. The molecule has 50 valence electrons. The van der Waals surface area contributed by atoms with Gasteiger partial charge in [0.25, 0.3) is 0 Å². The fraction of sp³-hybridized carbons (Fsp3) is 0.400. The van der Waals surface area contributed by atoms with Crippen LogP contribution in [0.5, 0.6) is 0 Å². The first-order chi connectivity index (χ1) is 4.95. The highest BCUT2D eigenvalue weighted by Gasteiger charge is 2.36. The van der Waals surface area contributed by atoms with Gasteiger partial charge in [-0.05, 0) is 24.0 Å². The molecule has 0 aromatic rings. The molecule has 0 radical (unpaired) electrons. The second kappa shape index (κ2) is 1.45. The summed E-state index contributed by atoms with van der Waals surface area (Å²) < 4.78 is 0. The van der Waals surface area contributed by atoms with Crippen LogP contribution in [-0.2, 0) is 0 Å². The highest BCUT2D eigenvalue weighted by molar-refractivity contribution is 5.51. The third-order valence-corrected chi connectivity index (χ3v) is 2.89. The molecule has 0 N–H and O–H groups in total. The third kappa shape index (κ3) is 0.406. The summed E-state index contributed by atoms with van der Waals surface area (Å²) in [5, 5.41) is 0. The van der Waals surface area contributed by atoms with Gasteiger partial charge in [0.15, 0.2) is 0 Å². The van der Waals surface area contributed by atoms with E-state index in [0.717, 1.165) is 11.8 Å². The molecule has 0 saturated heterocycles. The van der Waals surface area contributed by atoms with Crippen molar-refractivity contribution in [2.24, 2.45) is 11.8 Å². The van der Waals surface area contributed by atoms with Crippen molar-refractivity contribution >= 4 is 0 Å². The Kier molecular flexibility index (Phi) is 0.715. The van der Waals surface area contributed by atoms with E-state index < -0.39 is 0 Å². The summed E-state index contributed by atoms with van der Waals surface area (Å²) in [7, 11) is 0. The number of allylic oxidation sites excluding steroid dienone is 6. The molecule has 0 heteroatoms. The van der Waals surface area contributed by atoms with Gasteiger partial charge in [0.1, 0.15) is 0 Å². The Labute approximate surface area is 60.9 Å². The predicted molar refractivity (Wildman–Crippen MR) is 41.5 cm³/mol. The fourth-order valence-electron chi connectivity index (χ4n) is 2.44. The van der Waals surface area contributed by atoms with Crippen molar-refractivity contribution in [1.29, 1.82) is 0 Å². The van der Waals surface area contributed by atoms with Crippen LogP contribution in [0.25, 0.3) is 0 Å². The maximum absolute atomic E-state index is 2.39. The van der Waals surface area contributed by atoms with Crippen molar-refractivity contribution in [1.82, 2.24) is 0 Å². The Morgan fingerprint density at radius 2 is 1.60 bits per heavy atom. The van der Waals surface area contributed by atoms with Crippen molar-refractivity contribution in [2.45, 2.75) is 12.8 Å². The van der Waals surface area contributed by atoms with Gasteiger partial charge in [-0.25, -0.2) is 0 Å². The van der Waals surface area contributed by atoms with E-state index in [4.69, 9.17) is 0 Å². The van der Waals surface area contributed by atoms with Crippen molar-refractivity contribution in [3.63, 3.8) is 0 Å². The van der Waals surface area contributed by atoms with Crippen LogP contribution in [0.3, 0.4) is 0 Å². The lowest BCUT2D eigenvalue weighted by atomic mass is 9.98. The standard InChI is InChI=1S/C10H10/c1-2-9-7-4-5-8(6-7)10(9)3-1/h2-5,7-8H,1,6H2. The van der Waals surface area contributed by atoms with E-state index in [2.05, 4.69) is 24.3 Å². The zero-order valence-corrected chi connectivity index (χ0v) is 5.88. The molecule has 1 saturated carbocycles. The smallest absolute Gasteiger partial charge is 0.00267 e. The van der Waals surface area contributed by atoms with Crippen molar-refractivity contribution in [2.75, 3.05) is 0 Å². The predicted octanol–water partition coefficient (Wildman–Crippen LogP) is 2.45. The van der Waals surface area contributed by atoms with Gasteiger partial charge in [-0.15, -0.1) is 0 Å². The average molecular weight is 130 g/mol. The van der Waals surface area contributed by atoms with Gasteiger partial charge in [-0.1, -0.05) is 24.3 Å². The van der Waals surface area contributed by atoms with Crippen LogP contribution in [0.4, 0.5) is 0 Å². The third-order valence-electron chi connectivity index (χ3n) is 2.89. The van der Waals surface area contributed by atoms with Crippen molar-refractivity contribution in [3.8, 4) is 0 Å². The molecule has 1 fully saturated rings. The largest absolute Gasteiger partial charge is 0.0804 e. The molecule has 0 aromatic heterocycles. The lowest BCUT2D eigenvalue weighted by Crippen LogP contribution is -1.92. The molecule has 2 unspecified atom stereocenters. The zero-order valence-electron chi connectivity index (χ0n) is 5.88. The normalized spacial score (nSPS) is 40.0. The summed E-state index contributed by atoms with van der Waals surface area (Å²) in [4.78, 5) is 0. The molecule has 0 heterocycles. The molecule has 10 heavy (non-hydrogen) atoms. The van der Waals surface area contributed by atoms with E-state index in [1.807, 2.05) is 0 Å². The van der Waals surface area contributed by atoms with Crippen molar-refractivity contribution < 1.29 is 0 Å². The summed E-state index contributed by atoms with van der Waals surface area (Å²) in [6.07, 6.45) is 12.1. The highest BCUT2D eigenvalue weighted by Crippen LogP contribution is 2.49. The highest BCUT2D eigenvalue weighted by atomic mass is 14.4. The van der Waals surface area contributed by atoms with E-state index in [0.29, 0.717) is 0 Å². The maximum Gasteiger partial charge on any atom is 0.00267 e. The summed E-state index contributed by atoms with van der Waals surface area (Å²) in [6, 6.07) is 0. The van der Waals surface area contributed by atoms with Gasteiger partial charge in [0, 0.05) is 11.8 Å². The number of hydrogen-bond donors (Lipinski definition) is 0. The Morgan fingerprint density at radius 3 is 2.20 bits per heavy atom. The molecule has 0 spiro atoms. The average Bonchev–Trinajstić information content (AvgIpc) is 2.60. The maximum atomic E-state index is 2.39. The van der Waals surface area contributed by atoms with Crippen molar-refractivity contribution in [3.05, 3.63) is 35.5 Å². The van der Waals surface area contributed by atoms with Crippen LogP contribution in [0.2, 0.25) is 0 Å². The van der Waals surface area contributed by atoms with Gasteiger partial charge in [-0.2, -0.15) is 0 Å². The molecule has 3 rings (SSSR count). The van der Waals surface area contributed by atoms with Crippen LogP contribution in [0.1, 0.15) is 12.8 Å². The first-order valence-electron chi connectivity index (χ1n) is 4.04. The SMILES string of the molecule is C1=CC2CC1C1=CCC=C12. The molecule has 0 amide bonds. The number of hydrogen-bond acceptors (Lipinski definition) is 0. The Hall–Kier alpha value is -0.780. The fourth-order valence-corrected chi connectivity index (χ4v) is 2.44. The minimum absolute atomic E-state index is 0.804. The van der Waals surface area contributed by atoms with Crippen LogP contribution in [0, 0.1) is 11.8 Å². The molecule has 3 aliphatic carbocycles. The van der Waals surface area contributed by atoms with Crippen LogP contribution in [-0.4, -0.2) is 0 Å². The van der Waals surface area contributed by atoms with E-state index in [-0.39, 0.29) is 0 Å². The van der Waals surface area contributed by atoms with Crippen LogP contribution in [0.15, 0.2) is 35.5 Å². The molecular formula is C10H10. The molecule has 2 bridgehead atoms. The molecular weight excluding hydrogens is 120 g/mol. The van der Waals surface area contributed by atoms with Crippen LogP contribution < -0.4 is 0 Å². The topological polar surface area (TPSA) is 0 Å². The van der Waals surface area contributed by atoms with E-state index in [1.165, 1.54) is 12.8 Å². The Balaban J connectivity index is 2.22. The summed E-state index contributed by atoms with van der Waals surface area (Å²) >= 11 is 0. The first kappa shape index (κ1) is 4.95. The lowest BCUT2D eigenvalue weighted by molar-refractivity contribution is 0.731. The number of fused-ring (bicyclic) bond motifs is 5. The van der Waals surface area contributed by atoms with Gasteiger partial charge >= 0.3 is 0 Å². The van der Waals surface area contributed by atoms with Gasteiger partial charge in [0.2, 0.25) is 0 Å². The monoisotopic (exact) mass is 130 g/mol. The molecule has 0 nitrogen and oxygen atoms in total. The molecule has 0 aromatic carbocycles. The molecule has 3 aliphatic rings. The number of rotatable bonds is 0. The minimum Gasteiger partial charge on any atom is -0.0804 e. The Bertz CT molecular complexity index is 240. The summed E-state index contributed by atoms with van der Waals surface area (Å²) in [6.45, 7) is 0. The van der Waals surface area contributed by atoms with E-state index in [1.54, 1.807) is 11.1 Å². The van der Waals surface area contributed by atoms with Crippen LogP contribution >= 0.6 is 0 Å². The van der Waals surface area contributed by atoms with Gasteiger partial charge < -0.3 is 0 Å². The van der Waals surface area contributed by atoms with Gasteiger partial charge in [-0.3, -0.25) is 0 Å². The quantitative estimate of drug-likeness (QED) is 0.442. The van der Waals surface area contributed by atoms with E-state index in [9.17, 15) is 0 Å². The summed E-state index contributed by atoms with van der Waals surface area (Å²) in [5.41, 5.74) is 3.29. The molecule has 2 atom stereocenters. The van der Waals surface area contributed by atoms with E-state index >= 15 is 0 Å².